The van der Waals surface area contributed by atoms with Gasteiger partial charge in [-0.1, -0.05) is 19.9 Å². The van der Waals surface area contributed by atoms with E-state index in [4.69, 9.17) is 0 Å². The lowest BCUT2D eigenvalue weighted by atomic mass is 9.61. The Morgan fingerprint density at radius 3 is 2.25 bits per heavy atom. The Labute approximate surface area is 180 Å². The van der Waals surface area contributed by atoms with Crippen molar-refractivity contribution in [2.75, 3.05) is 0 Å². The van der Waals surface area contributed by atoms with Gasteiger partial charge in [0.2, 0.25) is 0 Å². The van der Waals surface area contributed by atoms with Crippen molar-refractivity contribution in [3.05, 3.63) is 46.7 Å². The van der Waals surface area contributed by atoms with Gasteiger partial charge in [-0.3, -0.25) is 0 Å². The second-order valence-corrected chi connectivity index (χ2v) is 12.4. The molecule has 3 heterocycles. The van der Waals surface area contributed by atoms with Gasteiger partial charge in [-0.05, 0) is 85.6 Å². The van der Waals surface area contributed by atoms with Crippen LogP contribution in [0.2, 0.25) is 0 Å². The van der Waals surface area contributed by atoms with Gasteiger partial charge in [0.25, 0.3) is 0 Å². The highest BCUT2D eigenvalue weighted by atomic mass is 32.1. The molecule has 4 heteroatoms. The third kappa shape index (κ3) is 3.89. The molecule has 2 bridgehead atoms. The van der Waals surface area contributed by atoms with Gasteiger partial charge in [-0.15, -0.1) is 34.0 Å². The Kier molecular flexibility index (Phi) is 5.25. The average Bonchev–Trinajstić information content (AvgIpc) is 3.38. The summed E-state index contributed by atoms with van der Waals surface area (Å²) in [5, 5.41) is 6.21. The number of hydrogen-bond acceptors (Lipinski definition) is 4. The van der Waals surface area contributed by atoms with Gasteiger partial charge in [-0.2, -0.15) is 0 Å². The molecule has 0 spiro atoms. The van der Waals surface area contributed by atoms with E-state index in [0.717, 1.165) is 24.3 Å². The van der Waals surface area contributed by atoms with E-state index < -0.39 is 0 Å². The molecular formula is C24H29NS3. The average molecular weight is 428 g/mol. The highest BCUT2D eigenvalue weighted by Crippen LogP contribution is 2.47. The number of hydrogen-bond donors (Lipinski definition) is 1. The lowest BCUT2D eigenvalue weighted by Gasteiger charge is -2.50. The summed E-state index contributed by atoms with van der Waals surface area (Å²) in [5.74, 6) is 2.69. The Balaban J connectivity index is 1.28. The van der Waals surface area contributed by atoms with Crippen LogP contribution < -0.4 is 5.32 Å². The van der Waals surface area contributed by atoms with Gasteiger partial charge in [0, 0.05) is 36.5 Å². The number of thiophene rings is 3. The van der Waals surface area contributed by atoms with Crippen LogP contribution in [-0.4, -0.2) is 5.54 Å². The van der Waals surface area contributed by atoms with E-state index >= 15 is 0 Å². The van der Waals surface area contributed by atoms with Crippen molar-refractivity contribution in [2.24, 2.45) is 17.8 Å². The first-order valence-electron chi connectivity index (χ1n) is 10.6. The number of fused-ring (bicyclic) bond motifs is 2. The molecule has 2 fully saturated rings. The molecule has 2 aliphatic rings. The van der Waals surface area contributed by atoms with Crippen molar-refractivity contribution < 1.29 is 0 Å². The van der Waals surface area contributed by atoms with Crippen LogP contribution in [0.4, 0.5) is 0 Å². The molecule has 2 aliphatic carbocycles. The first kappa shape index (κ1) is 19.0. The molecule has 1 N–H and O–H groups in total. The van der Waals surface area contributed by atoms with Gasteiger partial charge in [0.05, 0.1) is 0 Å². The summed E-state index contributed by atoms with van der Waals surface area (Å²) < 4.78 is 0. The normalized spacial score (nSPS) is 29.9. The topological polar surface area (TPSA) is 12.0 Å². The summed E-state index contributed by atoms with van der Waals surface area (Å²) in [5.41, 5.74) is 0.388. The quantitative estimate of drug-likeness (QED) is 0.436. The smallest absolute Gasteiger partial charge is 0.0449 e. The van der Waals surface area contributed by atoms with Gasteiger partial charge in [0.1, 0.15) is 0 Å². The van der Waals surface area contributed by atoms with E-state index in [-0.39, 0.29) is 0 Å². The summed E-state index contributed by atoms with van der Waals surface area (Å²) in [6, 6.07) is 13.6. The summed E-state index contributed by atoms with van der Waals surface area (Å²) in [6.07, 6.45) is 7.01. The molecule has 0 aliphatic heterocycles. The van der Waals surface area contributed by atoms with Gasteiger partial charge in [-0.25, -0.2) is 0 Å². The lowest BCUT2D eigenvalue weighted by Crippen LogP contribution is -2.53. The Bertz CT molecular complexity index is 900. The predicted molar refractivity (Wildman–Crippen MR) is 125 cm³/mol. The van der Waals surface area contributed by atoms with Gasteiger partial charge in [0.15, 0.2) is 0 Å². The molecule has 3 aromatic heterocycles. The minimum atomic E-state index is 0.388. The highest BCUT2D eigenvalue weighted by molar-refractivity contribution is 7.26. The molecule has 2 atom stereocenters. The monoisotopic (exact) mass is 427 g/mol. The highest BCUT2D eigenvalue weighted by Gasteiger charge is 2.43. The van der Waals surface area contributed by atoms with Crippen LogP contribution in [0.25, 0.3) is 19.5 Å². The van der Waals surface area contributed by atoms with Crippen LogP contribution in [0.3, 0.4) is 0 Å². The molecule has 148 valence electrons. The Morgan fingerprint density at radius 1 is 0.857 bits per heavy atom. The van der Waals surface area contributed by atoms with Crippen molar-refractivity contribution in [3.63, 3.8) is 0 Å². The first-order valence-corrected chi connectivity index (χ1v) is 13.1. The van der Waals surface area contributed by atoms with E-state index in [1.807, 2.05) is 34.0 Å². The minimum absolute atomic E-state index is 0.388. The SMILES string of the molecule is CC1CC2CC(C)CC(NCc3ccc(-c4ccc(-c5cccs5)s4)s3)(C1)C2. The summed E-state index contributed by atoms with van der Waals surface area (Å²) in [6.45, 7) is 5.95. The van der Waals surface area contributed by atoms with E-state index in [0.29, 0.717) is 5.54 Å². The molecular weight excluding hydrogens is 398 g/mol. The van der Waals surface area contributed by atoms with Gasteiger partial charge < -0.3 is 5.32 Å². The van der Waals surface area contributed by atoms with E-state index in [9.17, 15) is 0 Å². The standard InChI is InChI=1S/C24H29NS3/c1-16-10-18-11-17(2)13-24(12-16,14-18)25-15-19-5-6-22(27-19)23-8-7-21(28-23)20-4-3-9-26-20/h3-9,16-18,25H,10-15H2,1-2H3. The second-order valence-electron chi connectivity index (χ2n) is 9.20. The van der Waals surface area contributed by atoms with Crippen LogP contribution >= 0.6 is 34.0 Å². The zero-order valence-electron chi connectivity index (χ0n) is 16.7. The zero-order chi connectivity index (χ0) is 19.1. The maximum Gasteiger partial charge on any atom is 0.0449 e. The van der Waals surface area contributed by atoms with Crippen molar-refractivity contribution in [1.82, 2.24) is 5.32 Å². The maximum absolute atomic E-state index is 4.05. The molecule has 2 saturated carbocycles. The Hall–Kier alpha value is -0.940. The van der Waals surface area contributed by atoms with Crippen molar-refractivity contribution in [2.45, 2.75) is 58.0 Å². The molecule has 1 nitrogen and oxygen atoms in total. The van der Waals surface area contributed by atoms with E-state index in [2.05, 4.69) is 60.9 Å². The third-order valence-corrected chi connectivity index (χ3v) is 9.97. The first-order chi connectivity index (χ1) is 13.6. The zero-order valence-corrected chi connectivity index (χ0v) is 19.2. The predicted octanol–water partition coefficient (Wildman–Crippen LogP) is 7.90. The fraction of sp³-hybridized carbons (Fsp3) is 0.500. The fourth-order valence-electron chi connectivity index (χ4n) is 5.82. The molecule has 3 aromatic rings. The molecule has 0 saturated heterocycles. The van der Waals surface area contributed by atoms with E-state index in [1.54, 1.807) is 0 Å². The molecule has 0 radical (unpaired) electrons. The van der Waals surface area contributed by atoms with Crippen LogP contribution in [0, 0.1) is 17.8 Å². The number of nitrogens with one attached hydrogen (secondary N) is 1. The van der Waals surface area contributed by atoms with Gasteiger partial charge >= 0.3 is 0 Å². The molecule has 0 amide bonds. The van der Waals surface area contributed by atoms with E-state index in [1.165, 1.54) is 56.5 Å². The molecule has 5 rings (SSSR count). The molecule has 2 unspecified atom stereocenters. The third-order valence-electron chi connectivity index (χ3n) is 6.54. The number of rotatable bonds is 5. The van der Waals surface area contributed by atoms with Crippen molar-refractivity contribution in [3.8, 4) is 19.5 Å². The lowest BCUT2D eigenvalue weighted by molar-refractivity contribution is 0.0544. The largest absolute Gasteiger partial charge is 0.306 e. The summed E-state index contributed by atoms with van der Waals surface area (Å²) in [7, 11) is 0. The second kappa shape index (κ2) is 7.71. The maximum atomic E-state index is 4.05. The van der Waals surface area contributed by atoms with Crippen LogP contribution in [0.5, 0.6) is 0 Å². The van der Waals surface area contributed by atoms with Crippen LogP contribution in [0.15, 0.2) is 41.8 Å². The fourth-order valence-corrected chi connectivity index (χ4v) is 8.70. The summed E-state index contributed by atoms with van der Waals surface area (Å²) in [4.78, 5) is 7.05. The van der Waals surface area contributed by atoms with Crippen molar-refractivity contribution >= 4 is 34.0 Å². The molecule has 0 aromatic carbocycles. The minimum Gasteiger partial charge on any atom is -0.306 e. The van der Waals surface area contributed by atoms with Crippen LogP contribution in [-0.2, 0) is 6.54 Å². The van der Waals surface area contributed by atoms with Crippen molar-refractivity contribution in [1.29, 1.82) is 0 Å². The molecule has 28 heavy (non-hydrogen) atoms. The Morgan fingerprint density at radius 2 is 1.54 bits per heavy atom. The van der Waals surface area contributed by atoms with Crippen LogP contribution in [0.1, 0.15) is 50.8 Å². The summed E-state index contributed by atoms with van der Waals surface area (Å²) >= 11 is 5.71.